The first kappa shape index (κ1) is 16.8. The normalized spacial score (nSPS) is 11.9. The Morgan fingerprint density at radius 2 is 2.08 bits per heavy atom. The predicted molar refractivity (Wildman–Crippen MR) is 100 cm³/mol. The van der Waals surface area contributed by atoms with E-state index in [4.69, 9.17) is 4.74 Å². The molecule has 0 aliphatic heterocycles. The van der Waals surface area contributed by atoms with Gasteiger partial charge < -0.3 is 9.30 Å². The number of aryl methyl sites for hydroxylation is 1. The second kappa shape index (κ2) is 7.23. The van der Waals surface area contributed by atoms with Gasteiger partial charge in [0.05, 0.1) is 22.9 Å². The maximum absolute atomic E-state index is 12.7. The van der Waals surface area contributed by atoms with Crippen molar-refractivity contribution in [2.75, 3.05) is 12.9 Å². The van der Waals surface area contributed by atoms with E-state index in [0.29, 0.717) is 10.4 Å². The number of carbonyl (C=O) groups is 1. The monoisotopic (exact) mass is 358 g/mol. The second-order valence-corrected chi connectivity index (χ2v) is 7.44. The first-order valence-electron chi connectivity index (χ1n) is 7.58. The van der Waals surface area contributed by atoms with Crippen LogP contribution in [0, 0.1) is 0 Å². The molecule has 0 saturated heterocycles. The van der Waals surface area contributed by atoms with E-state index >= 15 is 0 Å². The smallest absolute Gasteiger partial charge is 0.280 e. The summed E-state index contributed by atoms with van der Waals surface area (Å²) in [5.41, 5.74) is 1.68. The van der Waals surface area contributed by atoms with Crippen molar-refractivity contribution in [1.82, 2.24) is 4.57 Å². The number of hydrogen-bond acceptors (Lipinski definition) is 4. The lowest BCUT2D eigenvalue weighted by Gasteiger charge is -2.03. The summed E-state index contributed by atoms with van der Waals surface area (Å²) in [6.07, 6.45) is 0. The third-order valence-electron chi connectivity index (χ3n) is 3.63. The van der Waals surface area contributed by atoms with Gasteiger partial charge in [-0.25, -0.2) is 0 Å². The fraction of sp³-hybridized carbons (Fsp3) is 0.222. The number of fused-ring (bicyclic) bond motifs is 1. The summed E-state index contributed by atoms with van der Waals surface area (Å²) in [6, 6.07) is 13.5. The van der Waals surface area contributed by atoms with Gasteiger partial charge in [0.2, 0.25) is 0 Å². The van der Waals surface area contributed by atoms with Crippen molar-refractivity contribution in [3.63, 3.8) is 0 Å². The third kappa shape index (κ3) is 3.25. The highest BCUT2D eigenvalue weighted by Crippen LogP contribution is 2.24. The number of carbonyl (C=O) groups excluding carboxylic acids is 1. The summed E-state index contributed by atoms with van der Waals surface area (Å²) in [5, 5.41) is 0. The fourth-order valence-electron chi connectivity index (χ4n) is 2.42. The Kier molecular flexibility index (Phi) is 5.06. The minimum Gasteiger partial charge on any atom is -0.497 e. The molecule has 0 radical (unpaired) electrons. The molecule has 6 heteroatoms. The zero-order valence-corrected chi connectivity index (χ0v) is 15.4. The van der Waals surface area contributed by atoms with E-state index < -0.39 is 0 Å². The molecule has 3 aromatic rings. The lowest BCUT2D eigenvalue weighted by Crippen LogP contribution is -2.13. The molecule has 3 rings (SSSR count). The maximum Gasteiger partial charge on any atom is 0.280 e. The van der Waals surface area contributed by atoms with Crippen molar-refractivity contribution in [1.29, 1.82) is 0 Å². The van der Waals surface area contributed by atoms with Gasteiger partial charge in [0, 0.05) is 11.9 Å². The quantitative estimate of drug-likeness (QED) is 0.660. The number of amides is 1. The van der Waals surface area contributed by atoms with E-state index in [-0.39, 0.29) is 5.91 Å². The van der Waals surface area contributed by atoms with Gasteiger partial charge in [-0.2, -0.15) is 4.99 Å². The Hall–Kier alpha value is -2.05. The molecule has 0 N–H and O–H groups in total. The summed E-state index contributed by atoms with van der Waals surface area (Å²) >= 11 is 3.14. The highest BCUT2D eigenvalue weighted by Gasteiger charge is 2.11. The number of nitrogens with zero attached hydrogens (tertiary/aromatic N) is 2. The molecule has 0 saturated carbocycles. The van der Waals surface area contributed by atoms with Gasteiger partial charge in [-0.1, -0.05) is 30.4 Å². The topological polar surface area (TPSA) is 43.6 Å². The van der Waals surface area contributed by atoms with Crippen LogP contribution >= 0.6 is 23.1 Å². The number of thiazole rings is 1. The average molecular weight is 358 g/mol. The highest BCUT2D eigenvalue weighted by atomic mass is 32.2. The molecule has 0 fully saturated rings. The van der Waals surface area contributed by atoms with Crippen molar-refractivity contribution in [2.45, 2.75) is 11.8 Å². The number of methoxy groups -OCH3 is 1. The SMILES string of the molecule is CCSc1ccccc1C(=O)N=c1sc2cc(OC)ccc2n1C. The Balaban J connectivity index is 2.07. The molecule has 1 amide bonds. The number of hydrogen-bond donors (Lipinski definition) is 0. The van der Waals surface area contributed by atoms with Crippen molar-refractivity contribution in [3.8, 4) is 5.75 Å². The van der Waals surface area contributed by atoms with E-state index in [9.17, 15) is 4.79 Å². The molecule has 2 aromatic carbocycles. The van der Waals surface area contributed by atoms with Crippen LogP contribution < -0.4 is 9.54 Å². The zero-order valence-electron chi connectivity index (χ0n) is 13.8. The van der Waals surface area contributed by atoms with Crippen LogP contribution in [0.3, 0.4) is 0 Å². The van der Waals surface area contributed by atoms with Gasteiger partial charge in [0.15, 0.2) is 4.80 Å². The summed E-state index contributed by atoms with van der Waals surface area (Å²) in [4.78, 5) is 18.7. The molecule has 0 aliphatic rings. The van der Waals surface area contributed by atoms with Crippen molar-refractivity contribution in [3.05, 3.63) is 52.8 Å². The Bertz CT molecular complexity index is 957. The van der Waals surface area contributed by atoms with Crippen molar-refractivity contribution in [2.24, 2.45) is 12.0 Å². The lowest BCUT2D eigenvalue weighted by atomic mass is 10.2. The summed E-state index contributed by atoms with van der Waals surface area (Å²) in [5.74, 6) is 1.51. The molecule has 0 aliphatic carbocycles. The number of aromatic nitrogens is 1. The molecule has 4 nitrogen and oxygen atoms in total. The van der Waals surface area contributed by atoms with E-state index in [1.165, 1.54) is 11.3 Å². The van der Waals surface area contributed by atoms with Gasteiger partial charge >= 0.3 is 0 Å². The van der Waals surface area contributed by atoms with E-state index in [1.54, 1.807) is 18.9 Å². The first-order valence-corrected chi connectivity index (χ1v) is 9.38. The van der Waals surface area contributed by atoms with Crippen molar-refractivity contribution < 1.29 is 9.53 Å². The van der Waals surface area contributed by atoms with Crippen LogP contribution in [0.25, 0.3) is 10.2 Å². The van der Waals surface area contributed by atoms with E-state index in [2.05, 4.69) is 11.9 Å². The molecule has 1 heterocycles. The molecular weight excluding hydrogens is 340 g/mol. The molecular formula is C18H18N2O2S2. The highest BCUT2D eigenvalue weighted by molar-refractivity contribution is 7.99. The number of benzene rings is 2. The van der Waals surface area contributed by atoms with Crippen LogP contribution in [0.1, 0.15) is 17.3 Å². The molecule has 1 aromatic heterocycles. The van der Waals surface area contributed by atoms with Crippen LogP contribution in [0.2, 0.25) is 0 Å². The summed E-state index contributed by atoms with van der Waals surface area (Å²) < 4.78 is 8.24. The van der Waals surface area contributed by atoms with E-state index in [1.807, 2.05) is 54.1 Å². The van der Waals surface area contributed by atoms with Gasteiger partial charge in [-0.15, -0.1) is 11.8 Å². The number of ether oxygens (including phenoxy) is 1. The van der Waals surface area contributed by atoms with Crippen LogP contribution in [0.15, 0.2) is 52.4 Å². The predicted octanol–water partition coefficient (Wildman–Crippen LogP) is 4.10. The van der Waals surface area contributed by atoms with Crippen molar-refractivity contribution >= 4 is 39.2 Å². The van der Waals surface area contributed by atoms with Gasteiger partial charge in [0.1, 0.15) is 5.75 Å². The second-order valence-electron chi connectivity index (χ2n) is 5.12. The van der Waals surface area contributed by atoms with Gasteiger partial charge in [0.25, 0.3) is 5.91 Å². The Morgan fingerprint density at radius 3 is 2.83 bits per heavy atom. The van der Waals surface area contributed by atoms with Crippen LogP contribution in [0.5, 0.6) is 5.75 Å². The third-order valence-corrected chi connectivity index (χ3v) is 5.68. The molecule has 124 valence electrons. The van der Waals surface area contributed by atoms with Crippen LogP contribution in [-0.4, -0.2) is 23.3 Å². The zero-order chi connectivity index (χ0) is 17.1. The van der Waals surface area contributed by atoms with E-state index in [0.717, 1.165) is 26.6 Å². The van der Waals surface area contributed by atoms with Gasteiger partial charge in [-0.3, -0.25) is 4.79 Å². The Morgan fingerprint density at radius 1 is 1.29 bits per heavy atom. The standard InChI is InChI=1S/C18H18N2O2S2/c1-4-23-15-8-6-5-7-13(15)17(21)19-18-20(2)14-10-9-12(22-3)11-16(14)24-18/h5-11H,4H2,1-3H3. The largest absolute Gasteiger partial charge is 0.497 e. The molecule has 0 spiro atoms. The minimum absolute atomic E-state index is 0.208. The molecule has 0 bridgehead atoms. The molecule has 24 heavy (non-hydrogen) atoms. The fourth-order valence-corrected chi connectivity index (χ4v) is 4.26. The van der Waals surface area contributed by atoms with Crippen LogP contribution in [0.4, 0.5) is 0 Å². The average Bonchev–Trinajstić information content (AvgIpc) is 2.90. The molecule has 0 unspecified atom stereocenters. The maximum atomic E-state index is 12.7. The minimum atomic E-state index is -0.208. The summed E-state index contributed by atoms with van der Waals surface area (Å²) in [6.45, 7) is 2.07. The lowest BCUT2D eigenvalue weighted by molar-refractivity contribution is 0.0995. The van der Waals surface area contributed by atoms with Crippen LogP contribution in [-0.2, 0) is 7.05 Å². The Labute approximate surface area is 148 Å². The summed E-state index contributed by atoms with van der Waals surface area (Å²) in [7, 11) is 3.57. The number of thioether (sulfide) groups is 1. The number of rotatable bonds is 4. The first-order chi connectivity index (χ1) is 11.6. The molecule has 0 atom stereocenters. The van der Waals surface area contributed by atoms with Gasteiger partial charge in [-0.05, 0) is 36.1 Å².